The molecule has 3 nitrogen and oxygen atoms in total. The van der Waals surface area contributed by atoms with Crippen LogP contribution in [0.3, 0.4) is 0 Å². The van der Waals surface area contributed by atoms with Crippen LogP contribution in [0.1, 0.15) is 65.2 Å². The molecular formula is C15H28N2O. The van der Waals surface area contributed by atoms with Crippen molar-refractivity contribution in [2.45, 2.75) is 77.3 Å². The fraction of sp³-hybridized carbons (Fsp3) is 0.933. The molecule has 0 aromatic heterocycles. The molecule has 1 unspecified atom stereocenters. The second kappa shape index (κ2) is 5.60. The Bertz CT molecular complexity index is 293. The Morgan fingerprint density at radius 3 is 2.33 bits per heavy atom. The first kappa shape index (κ1) is 13.9. The van der Waals surface area contributed by atoms with Crippen molar-refractivity contribution in [2.75, 3.05) is 0 Å². The highest BCUT2D eigenvalue weighted by Gasteiger charge is 2.34. The summed E-state index contributed by atoms with van der Waals surface area (Å²) in [5, 5.41) is 3.86. The van der Waals surface area contributed by atoms with E-state index in [2.05, 4.69) is 19.2 Å². The van der Waals surface area contributed by atoms with Crippen LogP contribution >= 0.6 is 0 Å². The quantitative estimate of drug-likeness (QED) is 0.811. The normalized spacial score (nSPS) is 36.2. The maximum absolute atomic E-state index is 11.2. The Balaban J connectivity index is 1.82. The maximum atomic E-state index is 11.2. The Hall–Kier alpha value is -0.570. The zero-order chi connectivity index (χ0) is 13.2. The molecule has 104 valence electrons. The Kier molecular flexibility index (Phi) is 4.31. The van der Waals surface area contributed by atoms with Crippen LogP contribution < -0.4 is 11.1 Å². The summed E-state index contributed by atoms with van der Waals surface area (Å²) >= 11 is 0. The minimum atomic E-state index is -0.105. The average Bonchev–Trinajstić information content (AvgIpc) is 2.32. The number of amides is 1. The van der Waals surface area contributed by atoms with Gasteiger partial charge in [-0.25, -0.2) is 0 Å². The summed E-state index contributed by atoms with van der Waals surface area (Å²) in [4.78, 5) is 11.2. The third-order valence-corrected chi connectivity index (χ3v) is 5.07. The van der Waals surface area contributed by atoms with Crippen molar-refractivity contribution in [3.8, 4) is 0 Å². The number of nitrogens with two attached hydrogens (primary N) is 1. The Morgan fingerprint density at radius 2 is 1.78 bits per heavy atom. The molecule has 18 heavy (non-hydrogen) atoms. The highest BCUT2D eigenvalue weighted by atomic mass is 16.1. The molecule has 2 aliphatic rings. The number of rotatable bonds is 3. The average molecular weight is 252 g/mol. The molecule has 0 aromatic carbocycles. The largest absolute Gasteiger partial charge is 0.369 e. The van der Waals surface area contributed by atoms with Gasteiger partial charge in [-0.15, -0.1) is 0 Å². The van der Waals surface area contributed by atoms with Gasteiger partial charge in [0.25, 0.3) is 0 Å². The summed E-state index contributed by atoms with van der Waals surface area (Å²) in [6.07, 6.45) is 9.54. The smallest absolute Gasteiger partial charge is 0.220 e. The van der Waals surface area contributed by atoms with E-state index >= 15 is 0 Å². The monoisotopic (exact) mass is 252 g/mol. The Labute approximate surface area is 111 Å². The van der Waals surface area contributed by atoms with Crippen molar-refractivity contribution in [2.24, 2.45) is 17.1 Å². The fourth-order valence-electron chi connectivity index (χ4n) is 3.63. The summed E-state index contributed by atoms with van der Waals surface area (Å²) in [6, 6.07) is 1.25. The molecule has 0 aromatic rings. The molecule has 3 heteroatoms. The van der Waals surface area contributed by atoms with Crippen LogP contribution in [0.15, 0.2) is 0 Å². The van der Waals surface area contributed by atoms with Crippen molar-refractivity contribution in [3.63, 3.8) is 0 Å². The highest BCUT2D eigenvalue weighted by Crippen LogP contribution is 2.36. The van der Waals surface area contributed by atoms with E-state index in [4.69, 9.17) is 5.73 Å². The summed E-state index contributed by atoms with van der Waals surface area (Å²) in [5.41, 5.74) is 5.81. The number of carbonyl (C=O) groups is 1. The van der Waals surface area contributed by atoms with Gasteiger partial charge in [0.2, 0.25) is 5.91 Å². The maximum Gasteiger partial charge on any atom is 0.220 e. The zero-order valence-corrected chi connectivity index (χ0v) is 11.9. The van der Waals surface area contributed by atoms with Gasteiger partial charge in [-0.1, -0.05) is 26.7 Å². The van der Waals surface area contributed by atoms with Crippen molar-refractivity contribution >= 4 is 5.91 Å². The van der Waals surface area contributed by atoms with Crippen LogP contribution in [0.2, 0.25) is 0 Å². The standard InChI is InChI=1S/C15H28N2O/c1-15(2)10-4-3-5-13(15)17-12-8-6-11(7-9-12)14(16)18/h11-13,17H,3-10H2,1-2H3,(H2,16,18). The number of hydrogen-bond donors (Lipinski definition) is 2. The third kappa shape index (κ3) is 3.25. The number of primary amides is 1. The van der Waals surface area contributed by atoms with E-state index in [0.717, 1.165) is 25.7 Å². The molecule has 1 amide bonds. The van der Waals surface area contributed by atoms with Gasteiger partial charge in [-0.2, -0.15) is 0 Å². The molecule has 2 saturated carbocycles. The molecule has 1 atom stereocenters. The zero-order valence-electron chi connectivity index (χ0n) is 11.9. The summed E-state index contributed by atoms with van der Waals surface area (Å²) in [6.45, 7) is 4.78. The van der Waals surface area contributed by atoms with E-state index in [1.165, 1.54) is 25.7 Å². The van der Waals surface area contributed by atoms with Gasteiger partial charge in [0.05, 0.1) is 0 Å². The Morgan fingerprint density at radius 1 is 1.11 bits per heavy atom. The van der Waals surface area contributed by atoms with Gasteiger partial charge in [0, 0.05) is 18.0 Å². The van der Waals surface area contributed by atoms with Crippen molar-refractivity contribution in [1.29, 1.82) is 0 Å². The second-order valence-electron chi connectivity index (χ2n) is 6.90. The molecule has 0 saturated heterocycles. The molecule has 0 heterocycles. The van der Waals surface area contributed by atoms with E-state index in [-0.39, 0.29) is 11.8 Å². The lowest BCUT2D eigenvalue weighted by Gasteiger charge is -2.42. The van der Waals surface area contributed by atoms with Gasteiger partial charge in [-0.3, -0.25) is 4.79 Å². The lowest BCUT2D eigenvalue weighted by molar-refractivity contribution is -0.122. The van der Waals surface area contributed by atoms with Crippen molar-refractivity contribution in [1.82, 2.24) is 5.32 Å². The van der Waals surface area contributed by atoms with Gasteiger partial charge < -0.3 is 11.1 Å². The molecule has 0 aliphatic heterocycles. The van der Waals surface area contributed by atoms with Crippen molar-refractivity contribution < 1.29 is 4.79 Å². The lowest BCUT2D eigenvalue weighted by Crippen LogP contribution is -2.49. The highest BCUT2D eigenvalue weighted by molar-refractivity contribution is 5.76. The lowest BCUT2D eigenvalue weighted by atomic mass is 9.72. The van der Waals surface area contributed by atoms with Crippen LogP contribution in [0.25, 0.3) is 0 Å². The van der Waals surface area contributed by atoms with E-state index < -0.39 is 0 Å². The van der Waals surface area contributed by atoms with Crippen LogP contribution in [-0.2, 0) is 4.79 Å². The fourth-order valence-corrected chi connectivity index (χ4v) is 3.63. The van der Waals surface area contributed by atoms with E-state index in [1.54, 1.807) is 0 Å². The summed E-state index contributed by atoms with van der Waals surface area (Å²) in [5.74, 6) is 0.0221. The molecule has 2 aliphatic carbocycles. The van der Waals surface area contributed by atoms with Crippen LogP contribution in [-0.4, -0.2) is 18.0 Å². The predicted octanol–water partition coefficient (Wildman–Crippen LogP) is 2.59. The minimum Gasteiger partial charge on any atom is -0.369 e. The van der Waals surface area contributed by atoms with Crippen LogP contribution in [0.5, 0.6) is 0 Å². The topological polar surface area (TPSA) is 55.1 Å². The molecule has 3 N–H and O–H groups in total. The first-order valence-electron chi connectivity index (χ1n) is 7.54. The molecule has 2 rings (SSSR count). The first-order chi connectivity index (χ1) is 8.49. The van der Waals surface area contributed by atoms with E-state index in [1.807, 2.05) is 0 Å². The van der Waals surface area contributed by atoms with Crippen molar-refractivity contribution in [3.05, 3.63) is 0 Å². The first-order valence-corrected chi connectivity index (χ1v) is 7.54. The van der Waals surface area contributed by atoms with Gasteiger partial charge in [-0.05, 0) is 43.9 Å². The SMILES string of the molecule is CC1(C)CCCCC1NC1CCC(C(N)=O)CC1. The van der Waals surface area contributed by atoms with Crippen LogP contribution in [0, 0.1) is 11.3 Å². The van der Waals surface area contributed by atoms with Gasteiger partial charge >= 0.3 is 0 Å². The number of carbonyl (C=O) groups excluding carboxylic acids is 1. The van der Waals surface area contributed by atoms with Gasteiger partial charge in [0.15, 0.2) is 0 Å². The predicted molar refractivity (Wildman–Crippen MR) is 74.1 cm³/mol. The van der Waals surface area contributed by atoms with E-state index in [0.29, 0.717) is 17.5 Å². The van der Waals surface area contributed by atoms with Gasteiger partial charge in [0.1, 0.15) is 0 Å². The minimum absolute atomic E-state index is 0.105. The summed E-state index contributed by atoms with van der Waals surface area (Å²) < 4.78 is 0. The molecule has 0 radical (unpaired) electrons. The molecule has 0 bridgehead atoms. The number of hydrogen-bond acceptors (Lipinski definition) is 2. The second-order valence-corrected chi connectivity index (χ2v) is 6.90. The van der Waals surface area contributed by atoms with E-state index in [9.17, 15) is 4.79 Å². The third-order valence-electron chi connectivity index (χ3n) is 5.07. The van der Waals surface area contributed by atoms with Crippen LogP contribution in [0.4, 0.5) is 0 Å². The molecule has 2 fully saturated rings. The summed E-state index contributed by atoms with van der Waals surface area (Å²) in [7, 11) is 0. The molecule has 0 spiro atoms. The number of nitrogens with one attached hydrogen (secondary N) is 1. The molecular weight excluding hydrogens is 224 g/mol.